The van der Waals surface area contributed by atoms with Crippen molar-refractivity contribution in [3.8, 4) is 17.3 Å². The second kappa shape index (κ2) is 9.66. The van der Waals surface area contributed by atoms with Gasteiger partial charge in [0, 0.05) is 29.7 Å². The van der Waals surface area contributed by atoms with Crippen molar-refractivity contribution in [3.05, 3.63) is 46.5 Å². The number of fused-ring (bicyclic) bond motifs is 1. The molecule has 35 heavy (non-hydrogen) atoms. The lowest BCUT2D eigenvalue weighted by molar-refractivity contribution is -0.155. The van der Waals surface area contributed by atoms with E-state index in [1.54, 1.807) is 32.9 Å². The van der Waals surface area contributed by atoms with E-state index >= 15 is 0 Å². The molecule has 3 rings (SSSR count). The van der Waals surface area contributed by atoms with E-state index in [9.17, 15) is 23.2 Å². The molecular weight excluding hydrogens is 460 g/mol. The van der Waals surface area contributed by atoms with Gasteiger partial charge in [0.2, 0.25) is 5.91 Å². The molecule has 0 saturated heterocycles. The summed E-state index contributed by atoms with van der Waals surface area (Å²) < 4.78 is 32.1. The number of ether oxygens (including phenoxy) is 1. The maximum absolute atomic E-state index is 13.4. The molecule has 1 unspecified atom stereocenters. The van der Waals surface area contributed by atoms with Crippen molar-refractivity contribution in [3.63, 3.8) is 0 Å². The minimum absolute atomic E-state index is 0.0116. The molecule has 0 aliphatic carbocycles. The van der Waals surface area contributed by atoms with Crippen molar-refractivity contribution >= 4 is 23.6 Å². The zero-order valence-corrected chi connectivity index (χ0v) is 19.5. The second-order valence-electron chi connectivity index (χ2n) is 9.12. The van der Waals surface area contributed by atoms with Crippen LogP contribution < -0.4 is 11.5 Å². The molecule has 4 N–H and O–H groups in total. The van der Waals surface area contributed by atoms with Crippen LogP contribution in [0.1, 0.15) is 67.1 Å². The van der Waals surface area contributed by atoms with E-state index in [1.807, 2.05) is 0 Å². The summed E-state index contributed by atoms with van der Waals surface area (Å²) in [6.45, 7) is 5.18. The first-order valence-corrected chi connectivity index (χ1v) is 10.8. The molecule has 1 aliphatic rings. The van der Waals surface area contributed by atoms with Gasteiger partial charge in [-0.15, -0.1) is 0 Å². The number of esters is 1. The summed E-state index contributed by atoms with van der Waals surface area (Å²) in [4.78, 5) is 42.5. The molecule has 0 fully saturated rings. The normalized spacial score (nSPS) is 14.0. The van der Waals surface area contributed by atoms with Crippen LogP contribution in [0.15, 0.2) is 24.3 Å². The topological polar surface area (TPSA) is 152 Å². The summed E-state index contributed by atoms with van der Waals surface area (Å²) in [6.07, 6.45) is -3.05. The molecule has 2 amide bonds. The highest BCUT2D eigenvalue weighted by molar-refractivity contribution is 6.01. The fourth-order valence-electron chi connectivity index (χ4n) is 3.88. The van der Waals surface area contributed by atoms with Gasteiger partial charge in [-0.3, -0.25) is 14.4 Å². The third-order valence-corrected chi connectivity index (χ3v) is 5.40. The first-order valence-electron chi connectivity index (χ1n) is 10.8. The number of anilines is 1. The van der Waals surface area contributed by atoms with Gasteiger partial charge in [-0.2, -0.15) is 5.26 Å². The maximum atomic E-state index is 13.4. The molecule has 0 bridgehead atoms. The number of hydrogen-bond acceptors (Lipinski definition) is 7. The highest BCUT2D eigenvalue weighted by Gasteiger charge is 2.36. The highest BCUT2D eigenvalue weighted by Crippen LogP contribution is 2.33. The minimum atomic E-state index is -2.93. The van der Waals surface area contributed by atoms with E-state index in [0.29, 0.717) is 16.7 Å². The van der Waals surface area contributed by atoms with Crippen molar-refractivity contribution in [1.82, 2.24) is 9.88 Å². The Bertz CT molecular complexity index is 1230. The summed E-state index contributed by atoms with van der Waals surface area (Å²) in [7, 11) is 0. The summed E-state index contributed by atoms with van der Waals surface area (Å²) in [6, 6.07) is 6.28. The number of nitrogens with zero attached hydrogens (tertiary/aromatic N) is 3. The van der Waals surface area contributed by atoms with Gasteiger partial charge < -0.3 is 21.1 Å². The lowest BCUT2D eigenvalue weighted by Gasteiger charge is -2.25. The Morgan fingerprint density at radius 2 is 1.97 bits per heavy atom. The molecule has 0 spiro atoms. The molecule has 1 atom stereocenters. The van der Waals surface area contributed by atoms with Gasteiger partial charge in [0.15, 0.2) is 0 Å². The van der Waals surface area contributed by atoms with Crippen molar-refractivity contribution in [2.75, 3.05) is 5.73 Å². The Balaban J connectivity index is 1.86. The van der Waals surface area contributed by atoms with Crippen LogP contribution in [-0.4, -0.2) is 39.3 Å². The van der Waals surface area contributed by atoms with Gasteiger partial charge in [0.25, 0.3) is 12.3 Å². The number of carbonyl (C=O) groups is 3. The lowest BCUT2D eigenvalue weighted by atomic mass is 10.0. The average molecular weight is 485 g/mol. The third kappa shape index (κ3) is 5.54. The van der Waals surface area contributed by atoms with E-state index in [2.05, 4.69) is 4.98 Å². The predicted octanol–water partition coefficient (Wildman–Crippen LogP) is 3.07. The fourth-order valence-corrected chi connectivity index (χ4v) is 3.88. The van der Waals surface area contributed by atoms with Gasteiger partial charge in [0.05, 0.1) is 5.69 Å². The highest BCUT2D eigenvalue weighted by atomic mass is 19.3. The Hall–Kier alpha value is -4.07. The number of primary amides is 1. The van der Waals surface area contributed by atoms with Crippen molar-refractivity contribution in [1.29, 1.82) is 5.26 Å². The Morgan fingerprint density at radius 1 is 1.29 bits per heavy atom. The largest absolute Gasteiger partial charge is 0.460 e. The fraction of sp³-hybridized carbons (Fsp3) is 0.375. The van der Waals surface area contributed by atoms with Crippen LogP contribution in [0.5, 0.6) is 0 Å². The number of amides is 2. The van der Waals surface area contributed by atoms with Crippen LogP contribution in [0.4, 0.5) is 14.6 Å². The number of nitrogens with two attached hydrogens (primary N) is 2. The van der Waals surface area contributed by atoms with Gasteiger partial charge >= 0.3 is 5.97 Å². The lowest BCUT2D eigenvalue weighted by Crippen LogP contribution is -2.45. The molecule has 2 heterocycles. The molecular formula is C24H25F2N5O4. The van der Waals surface area contributed by atoms with E-state index in [0.717, 1.165) is 6.07 Å². The third-order valence-electron chi connectivity index (χ3n) is 5.40. The summed E-state index contributed by atoms with van der Waals surface area (Å²) in [5.41, 5.74) is 11.0. The van der Waals surface area contributed by atoms with E-state index in [-0.39, 0.29) is 36.5 Å². The smallest absolute Gasteiger partial charge is 0.306 e. The predicted molar refractivity (Wildman–Crippen MR) is 122 cm³/mol. The number of benzene rings is 1. The quantitative estimate of drug-likeness (QED) is 0.572. The number of aromatic nitrogens is 1. The van der Waals surface area contributed by atoms with Crippen molar-refractivity contribution in [2.45, 2.75) is 58.2 Å². The molecule has 0 saturated carbocycles. The van der Waals surface area contributed by atoms with E-state index in [4.69, 9.17) is 21.5 Å². The number of nitrogen functional groups attached to an aromatic ring is 1. The second-order valence-corrected chi connectivity index (χ2v) is 9.12. The van der Waals surface area contributed by atoms with Gasteiger partial charge in [-0.25, -0.2) is 13.8 Å². The molecule has 9 nitrogen and oxygen atoms in total. The molecule has 0 radical (unpaired) electrons. The van der Waals surface area contributed by atoms with Crippen LogP contribution in [-0.2, 0) is 20.9 Å². The molecule has 1 aliphatic heterocycles. The van der Waals surface area contributed by atoms with E-state index in [1.165, 1.54) is 17.0 Å². The number of halogens is 2. The van der Waals surface area contributed by atoms with Crippen LogP contribution >= 0.6 is 0 Å². The SMILES string of the molecule is CC(C)(C)OC(=O)CCC(C(N)=O)N1Cc2cc(-c3cc(C(F)F)c(C#N)c(N)n3)ccc2C1=O. The number of hydrogen-bond donors (Lipinski definition) is 2. The first-order chi connectivity index (χ1) is 16.3. The number of nitriles is 1. The molecule has 184 valence electrons. The van der Waals surface area contributed by atoms with Gasteiger partial charge in [-0.05, 0) is 51.0 Å². The van der Waals surface area contributed by atoms with Crippen LogP contribution in [0.3, 0.4) is 0 Å². The Labute approximate surface area is 200 Å². The van der Waals surface area contributed by atoms with Gasteiger partial charge in [0.1, 0.15) is 29.1 Å². The van der Waals surface area contributed by atoms with E-state index < -0.39 is 41.4 Å². The van der Waals surface area contributed by atoms with Gasteiger partial charge in [-0.1, -0.05) is 6.07 Å². The van der Waals surface area contributed by atoms with Crippen molar-refractivity contribution < 1.29 is 27.9 Å². The zero-order valence-electron chi connectivity index (χ0n) is 19.5. The minimum Gasteiger partial charge on any atom is -0.460 e. The van der Waals surface area contributed by atoms with Crippen molar-refractivity contribution in [2.24, 2.45) is 5.73 Å². The monoisotopic (exact) mass is 485 g/mol. The van der Waals surface area contributed by atoms with Crippen LogP contribution in [0, 0.1) is 11.3 Å². The van der Waals surface area contributed by atoms with Crippen LogP contribution in [0.2, 0.25) is 0 Å². The summed E-state index contributed by atoms with van der Waals surface area (Å²) in [5, 5.41) is 9.11. The summed E-state index contributed by atoms with van der Waals surface area (Å²) >= 11 is 0. The zero-order chi connectivity index (χ0) is 26.1. The molecule has 1 aromatic heterocycles. The number of alkyl halides is 2. The van der Waals surface area contributed by atoms with Crippen LogP contribution in [0.25, 0.3) is 11.3 Å². The molecule has 1 aromatic carbocycles. The Kier molecular flexibility index (Phi) is 7.05. The molecule has 2 aromatic rings. The number of rotatable bonds is 7. The maximum Gasteiger partial charge on any atom is 0.306 e. The molecule has 11 heteroatoms. The summed E-state index contributed by atoms with van der Waals surface area (Å²) in [5.74, 6) is -2.05. The number of carbonyl (C=O) groups excluding carboxylic acids is 3. The first kappa shape index (κ1) is 25.6. The standard InChI is InChI=1S/C24H25F2N5O4/c1-24(2,3)35-19(32)7-6-18(22(29)33)31-11-13-8-12(4-5-14(13)23(31)34)17-9-15(20(25)26)16(10-27)21(28)30-17/h4-5,8-9,18,20H,6-7,11H2,1-3H3,(H2,28,30)(H2,29,33). The number of pyridine rings is 1. The average Bonchev–Trinajstić information content (AvgIpc) is 3.07. The Morgan fingerprint density at radius 3 is 2.54 bits per heavy atom.